The quantitative estimate of drug-likeness (QED) is 0.285. The lowest BCUT2D eigenvalue weighted by Gasteiger charge is -2.35. The molecule has 2 aliphatic heterocycles. The zero-order chi connectivity index (χ0) is 27.1. The number of aryl methyl sites for hydroxylation is 1. The molecule has 8 nitrogen and oxygen atoms in total. The van der Waals surface area contributed by atoms with Gasteiger partial charge in [-0.05, 0) is 43.5 Å². The molecule has 4 aromatic rings. The summed E-state index contributed by atoms with van der Waals surface area (Å²) in [7, 11) is 0. The maximum absolute atomic E-state index is 13.6. The van der Waals surface area contributed by atoms with Crippen molar-refractivity contribution in [3.8, 4) is 11.3 Å². The van der Waals surface area contributed by atoms with Crippen LogP contribution in [0, 0.1) is 6.92 Å². The number of thiophene rings is 1. The molecule has 3 aromatic heterocycles. The number of anilines is 3. The molecule has 2 aliphatic rings. The average Bonchev–Trinajstić information content (AvgIpc) is 3.33. The third kappa shape index (κ3) is 4.44. The highest BCUT2D eigenvalue weighted by Gasteiger charge is 2.34. The van der Waals surface area contributed by atoms with E-state index in [1.54, 1.807) is 23.4 Å². The van der Waals surface area contributed by atoms with Crippen LogP contribution in [0.1, 0.15) is 28.1 Å². The minimum Gasteiger partial charge on any atom is -0.370 e. The monoisotopic (exact) mass is 536 g/mol. The van der Waals surface area contributed by atoms with E-state index in [-0.39, 0.29) is 18.0 Å². The number of urea groups is 1. The van der Waals surface area contributed by atoms with E-state index >= 15 is 0 Å². The summed E-state index contributed by atoms with van der Waals surface area (Å²) in [5.41, 5.74) is 5.36. The first-order chi connectivity index (χ1) is 18.9. The highest BCUT2D eigenvalue weighted by Crippen LogP contribution is 2.46. The van der Waals surface area contributed by atoms with Gasteiger partial charge in [0.2, 0.25) is 0 Å². The van der Waals surface area contributed by atoms with Gasteiger partial charge in [0.1, 0.15) is 9.71 Å². The summed E-state index contributed by atoms with van der Waals surface area (Å²) >= 11 is 1.29. The number of piperidine rings is 1. The summed E-state index contributed by atoms with van der Waals surface area (Å²) in [6.45, 7) is 11.4. The molecule has 196 valence electrons. The number of nitrogens with one attached hydrogen (secondary N) is 2. The van der Waals surface area contributed by atoms with Crippen molar-refractivity contribution in [1.29, 1.82) is 0 Å². The zero-order valence-corrected chi connectivity index (χ0v) is 22.4. The van der Waals surface area contributed by atoms with Gasteiger partial charge in [-0.25, -0.2) is 9.78 Å². The van der Waals surface area contributed by atoms with E-state index in [0.717, 1.165) is 53.0 Å². The maximum atomic E-state index is 13.6. The summed E-state index contributed by atoms with van der Waals surface area (Å²) in [4.78, 5) is 41.2. The molecule has 5 heterocycles. The normalized spacial score (nSPS) is 16.6. The van der Waals surface area contributed by atoms with E-state index in [0.29, 0.717) is 27.6 Å². The summed E-state index contributed by atoms with van der Waals surface area (Å²) in [6, 6.07) is 13.2. The van der Waals surface area contributed by atoms with Crippen LogP contribution in [0.25, 0.3) is 21.5 Å². The Labute approximate surface area is 230 Å². The molecule has 1 aromatic carbocycles. The Morgan fingerprint density at radius 1 is 1.21 bits per heavy atom. The van der Waals surface area contributed by atoms with Gasteiger partial charge in [0.05, 0.1) is 28.1 Å². The Morgan fingerprint density at radius 3 is 2.82 bits per heavy atom. The van der Waals surface area contributed by atoms with Crippen molar-refractivity contribution in [3.05, 3.63) is 90.2 Å². The van der Waals surface area contributed by atoms with Crippen molar-refractivity contribution in [1.82, 2.24) is 20.2 Å². The molecule has 0 saturated carbocycles. The second-order valence-electron chi connectivity index (χ2n) is 9.76. The van der Waals surface area contributed by atoms with Gasteiger partial charge in [-0.15, -0.1) is 11.3 Å². The van der Waals surface area contributed by atoms with Crippen LogP contribution in [0.15, 0.2) is 79.8 Å². The molecule has 1 atom stereocenters. The molecule has 1 fully saturated rings. The standard InChI is InChI=1S/C30H28N6O2S/c1-4-19(3)35-14-8-11-21(17-35)33-28(37)27-26-25-23(12-13-31-29(25)39-27)36(30(38)34-26)24-15-22(32-16-18(24)2)20-9-6-5-7-10-20/h4-7,9-10,12-13,15-16,21H,1,3,8,11,14,17H2,2H3,(H,33,37)(H,34,38)/t21-/m1/s1. The van der Waals surface area contributed by atoms with Gasteiger partial charge >= 0.3 is 6.03 Å². The second-order valence-corrected chi connectivity index (χ2v) is 10.8. The Morgan fingerprint density at radius 2 is 2.03 bits per heavy atom. The van der Waals surface area contributed by atoms with Crippen LogP contribution in [-0.2, 0) is 0 Å². The van der Waals surface area contributed by atoms with Crippen molar-refractivity contribution in [3.63, 3.8) is 0 Å². The van der Waals surface area contributed by atoms with Gasteiger partial charge in [0.15, 0.2) is 0 Å². The Bertz CT molecular complexity index is 1630. The number of nitrogens with zero attached hydrogens (tertiary/aromatic N) is 4. The molecule has 0 unspecified atom stereocenters. The zero-order valence-electron chi connectivity index (χ0n) is 21.6. The molecule has 0 bridgehead atoms. The van der Waals surface area contributed by atoms with Crippen LogP contribution in [0.3, 0.4) is 0 Å². The number of amides is 3. The van der Waals surface area contributed by atoms with Crippen LogP contribution in [-0.4, -0.2) is 45.9 Å². The number of aromatic nitrogens is 2. The van der Waals surface area contributed by atoms with Gasteiger partial charge in [-0.3, -0.25) is 14.7 Å². The molecule has 1 saturated heterocycles. The Kier molecular flexibility index (Phi) is 6.36. The molecule has 2 N–H and O–H groups in total. The van der Waals surface area contributed by atoms with Crippen LogP contribution >= 0.6 is 11.3 Å². The van der Waals surface area contributed by atoms with Gasteiger partial charge in [-0.1, -0.05) is 43.5 Å². The molecule has 39 heavy (non-hydrogen) atoms. The minimum absolute atomic E-state index is 0.0283. The molecule has 0 radical (unpaired) electrons. The SMILES string of the molecule is C=CC(=C)N1CCC[C@@H](NC(=O)c2sc3nccc4c3c2NC(=O)N4c2cc(-c3ccccc3)ncc2C)C1. The minimum atomic E-state index is -0.332. The molecular weight excluding hydrogens is 508 g/mol. The molecule has 9 heteroatoms. The third-order valence-corrected chi connectivity index (χ3v) is 8.33. The number of rotatable bonds is 6. The summed E-state index contributed by atoms with van der Waals surface area (Å²) in [5, 5.41) is 6.93. The maximum Gasteiger partial charge on any atom is 0.331 e. The largest absolute Gasteiger partial charge is 0.370 e. The second kappa shape index (κ2) is 9.99. The first kappa shape index (κ1) is 24.8. The van der Waals surface area contributed by atoms with Crippen LogP contribution in [0.2, 0.25) is 0 Å². The lowest BCUT2D eigenvalue weighted by molar-refractivity contribution is 0.0920. The summed E-state index contributed by atoms with van der Waals surface area (Å²) in [6.07, 6.45) is 7.02. The summed E-state index contributed by atoms with van der Waals surface area (Å²) < 4.78 is 0. The van der Waals surface area contributed by atoms with Crippen molar-refractivity contribution < 1.29 is 9.59 Å². The lowest BCUT2D eigenvalue weighted by atomic mass is 10.0. The number of allylic oxidation sites excluding steroid dienone is 1. The molecule has 0 aliphatic carbocycles. The molecule has 3 amide bonds. The fourth-order valence-electron chi connectivity index (χ4n) is 5.24. The van der Waals surface area contributed by atoms with Crippen molar-refractivity contribution in [2.24, 2.45) is 0 Å². The van der Waals surface area contributed by atoms with Crippen LogP contribution < -0.4 is 15.5 Å². The Hall–Kier alpha value is -4.50. The number of hydrogen-bond acceptors (Lipinski definition) is 6. The number of benzene rings is 1. The van der Waals surface area contributed by atoms with Crippen LogP contribution in [0.4, 0.5) is 21.9 Å². The number of pyridine rings is 2. The predicted octanol–water partition coefficient (Wildman–Crippen LogP) is 6.24. The van der Waals surface area contributed by atoms with Crippen molar-refractivity contribution >= 4 is 50.6 Å². The number of carbonyl (C=O) groups excluding carboxylic acids is 2. The molecule has 0 spiro atoms. The highest BCUT2D eigenvalue weighted by molar-refractivity contribution is 7.21. The number of likely N-dealkylation sites (tertiary alicyclic amines) is 1. The van der Waals surface area contributed by atoms with Crippen LogP contribution in [0.5, 0.6) is 0 Å². The van der Waals surface area contributed by atoms with E-state index in [4.69, 9.17) is 0 Å². The third-order valence-electron chi connectivity index (χ3n) is 7.24. The van der Waals surface area contributed by atoms with Gasteiger partial charge in [-0.2, -0.15) is 0 Å². The molecule has 6 rings (SSSR count). The van der Waals surface area contributed by atoms with Gasteiger partial charge in [0, 0.05) is 42.8 Å². The van der Waals surface area contributed by atoms with E-state index in [1.165, 1.54) is 11.3 Å². The fourth-order valence-corrected chi connectivity index (χ4v) is 6.26. The number of carbonyl (C=O) groups is 2. The van der Waals surface area contributed by atoms with Gasteiger partial charge in [0.25, 0.3) is 5.91 Å². The van der Waals surface area contributed by atoms with Crippen molar-refractivity contribution in [2.45, 2.75) is 25.8 Å². The van der Waals surface area contributed by atoms with E-state index in [2.05, 4.69) is 38.7 Å². The van der Waals surface area contributed by atoms with E-state index in [1.807, 2.05) is 49.4 Å². The summed E-state index contributed by atoms with van der Waals surface area (Å²) in [5.74, 6) is -0.213. The molecular formula is C30H28N6O2S. The average molecular weight is 537 g/mol. The van der Waals surface area contributed by atoms with E-state index < -0.39 is 0 Å². The Balaban J connectivity index is 1.36. The highest BCUT2D eigenvalue weighted by atomic mass is 32.1. The van der Waals surface area contributed by atoms with E-state index in [9.17, 15) is 9.59 Å². The first-order valence-corrected chi connectivity index (χ1v) is 13.7. The number of hydrogen-bond donors (Lipinski definition) is 2. The predicted molar refractivity (Wildman–Crippen MR) is 157 cm³/mol. The topological polar surface area (TPSA) is 90.5 Å². The van der Waals surface area contributed by atoms with Gasteiger partial charge < -0.3 is 15.5 Å². The fraction of sp³-hybridized carbons (Fsp3) is 0.200. The lowest BCUT2D eigenvalue weighted by Crippen LogP contribution is -2.47. The smallest absolute Gasteiger partial charge is 0.331 e. The first-order valence-electron chi connectivity index (χ1n) is 12.9. The van der Waals surface area contributed by atoms with Crippen molar-refractivity contribution in [2.75, 3.05) is 23.3 Å².